The Morgan fingerprint density at radius 3 is 2.46 bits per heavy atom. The van der Waals surface area contributed by atoms with Crippen LogP contribution >= 0.6 is 0 Å². The number of aliphatic hydroxyl groups excluding tert-OH is 1. The summed E-state index contributed by atoms with van der Waals surface area (Å²) in [4.78, 5) is 33.6. The number of Topliss-reactive ketones (excluding diaryl/α,β-unsaturated/α-hetero) is 1. The average molecular weight is 359 g/mol. The smallest absolute Gasteiger partial charge is 0.290 e. The van der Waals surface area contributed by atoms with E-state index in [1.54, 1.807) is 44.1 Å². The van der Waals surface area contributed by atoms with E-state index < -0.39 is 23.1 Å². The van der Waals surface area contributed by atoms with Crippen LogP contribution in [0.2, 0.25) is 0 Å². The van der Waals surface area contributed by atoms with Gasteiger partial charge in [0.05, 0.1) is 11.6 Å². The van der Waals surface area contributed by atoms with Crippen molar-refractivity contribution in [3.63, 3.8) is 0 Å². The molecule has 0 saturated heterocycles. The average Bonchev–Trinajstić information content (AvgIpc) is 2.86. The minimum atomic E-state index is -0.696. The quantitative estimate of drug-likeness (QED) is 0.810. The van der Waals surface area contributed by atoms with Crippen LogP contribution in [-0.4, -0.2) is 57.8 Å². The summed E-state index contributed by atoms with van der Waals surface area (Å²) < 4.78 is 0. The van der Waals surface area contributed by atoms with E-state index >= 15 is 0 Å². The van der Waals surface area contributed by atoms with Gasteiger partial charge in [-0.2, -0.15) is 0 Å². The standard InChI is InChI=1S/C20H29N3O3/c1-6-22(7-2)11-12-23-16(14-9-8-10-21-13-14)15(17(24)19(23)26)18(25)20(3,4)5/h8-10,13,16,24H,6-7,11-12H2,1-5H3. The van der Waals surface area contributed by atoms with Crippen LogP contribution in [0.4, 0.5) is 0 Å². The molecular weight excluding hydrogens is 330 g/mol. The number of ketones is 1. The van der Waals surface area contributed by atoms with Gasteiger partial charge in [-0.3, -0.25) is 14.6 Å². The minimum absolute atomic E-state index is 0.176. The van der Waals surface area contributed by atoms with Crippen LogP contribution in [0.15, 0.2) is 35.9 Å². The highest BCUT2D eigenvalue weighted by atomic mass is 16.3. The van der Waals surface area contributed by atoms with Crippen molar-refractivity contribution < 1.29 is 14.7 Å². The molecule has 26 heavy (non-hydrogen) atoms. The largest absolute Gasteiger partial charge is 0.503 e. The summed E-state index contributed by atoms with van der Waals surface area (Å²) in [5.74, 6) is -1.14. The topological polar surface area (TPSA) is 73.7 Å². The van der Waals surface area contributed by atoms with Gasteiger partial charge in [0.2, 0.25) is 0 Å². The van der Waals surface area contributed by atoms with Gasteiger partial charge in [0, 0.05) is 30.9 Å². The number of pyridine rings is 1. The Kier molecular flexibility index (Phi) is 6.18. The molecule has 142 valence electrons. The highest BCUT2D eigenvalue weighted by Crippen LogP contribution is 2.40. The summed E-state index contributed by atoms with van der Waals surface area (Å²) in [7, 11) is 0. The van der Waals surface area contributed by atoms with Crippen LogP contribution in [0, 0.1) is 5.41 Å². The molecule has 0 aromatic carbocycles. The Balaban J connectivity index is 2.43. The molecule has 0 radical (unpaired) electrons. The van der Waals surface area contributed by atoms with Crippen LogP contribution in [0.25, 0.3) is 0 Å². The number of carbonyl (C=O) groups is 2. The van der Waals surface area contributed by atoms with E-state index in [0.29, 0.717) is 13.1 Å². The first-order valence-corrected chi connectivity index (χ1v) is 9.13. The Morgan fingerprint density at radius 1 is 1.31 bits per heavy atom. The fourth-order valence-corrected chi connectivity index (χ4v) is 3.19. The molecule has 1 N–H and O–H groups in total. The predicted molar refractivity (Wildman–Crippen MR) is 101 cm³/mol. The highest BCUT2D eigenvalue weighted by molar-refractivity contribution is 6.10. The SMILES string of the molecule is CCN(CC)CCN1C(=O)C(O)=C(C(=O)C(C)(C)C)C1c1cccnc1. The molecule has 0 fully saturated rings. The third-order valence-electron chi connectivity index (χ3n) is 4.78. The van der Waals surface area contributed by atoms with Crippen molar-refractivity contribution >= 4 is 11.7 Å². The van der Waals surface area contributed by atoms with Gasteiger partial charge in [-0.25, -0.2) is 0 Å². The minimum Gasteiger partial charge on any atom is -0.503 e. The second-order valence-electron chi connectivity index (χ2n) is 7.56. The molecule has 2 rings (SSSR count). The number of nitrogens with zero attached hydrogens (tertiary/aromatic N) is 3. The van der Waals surface area contributed by atoms with Gasteiger partial charge in [0.25, 0.3) is 5.91 Å². The normalized spacial score (nSPS) is 18.2. The van der Waals surface area contributed by atoms with Crippen molar-refractivity contribution in [3.05, 3.63) is 41.4 Å². The number of rotatable bonds is 7. The molecule has 2 heterocycles. The monoisotopic (exact) mass is 359 g/mol. The zero-order valence-electron chi connectivity index (χ0n) is 16.3. The third kappa shape index (κ3) is 3.96. The van der Waals surface area contributed by atoms with Crippen LogP contribution in [0.3, 0.4) is 0 Å². The number of aliphatic hydroxyl groups is 1. The third-order valence-corrected chi connectivity index (χ3v) is 4.78. The molecule has 1 unspecified atom stereocenters. The second-order valence-corrected chi connectivity index (χ2v) is 7.56. The van der Waals surface area contributed by atoms with Gasteiger partial charge < -0.3 is 14.9 Å². The summed E-state index contributed by atoms with van der Waals surface area (Å²) in [6.45, 7) is 12.4. The molecular formula is C20H29N3O3. The number of hydrogen-bond donors (Lipinski definition) is 1. The lowest BCUT2D eigenvalue weighted by atomic mass is 9.82. The number of aromatic nitrogens is 1. The molecule has 1 aromatic heterocycles. The summed E-state index contributed by atoms with van der Waals surface area (Å²) in [6.07, 6.45) is 3.30. The van der Waals surface area contributed by atoms with E-state index in [2.05, 4.69) is 23.7 Å². The number of likely N-dealkylation sites (N-methyl/N-ethyl adjacent to an activating group) is 1. The molecule has 0 aliphatic carbocycles. The van der Waals surface area contributed by atoms with Crippen LogP contribution < -0.4 is 0 Å². The lowest BCUT2D eigenvalue weighted by Crippen LogP contribution is -2.39. The molecule has 1 aliphatic heterocycles. The van der Waals surface area contributed by atoms with Gasteiger partial charge in [-0.1, -0.05) is 40.7 Å². The zero-order valence-corrected chi connectivity index (χ0v) is 16.3. The van der Waals surface area contributed by atoms with E-state index in [1.165, 1.54) is 0 Å². The van der Waals surface area contributed by atoms with Gasteiger partial charge in [0.1, 0.15) is 0 Å². The lowest BCUT2D eigenvalue weighted by Gasteiger charge is -2.30. The van der Waals surface area contributed by atoms with Crippen molar-refractivity contribution in [2.45, 2.75) is 40.7 Å². The van der Waals surface area contributed by atoms with Gasteiger partial charge in [-0.15, -0.1) is 0 Å². The summed E-state index contributed by atoms with van der Waals surface area (Å²) in [6, 6.07) is 3.01. The molecule has 1 atom stereocenters. The van der Waals surface area contributed by atoms with E-state index in [9.17, 15) is 14.7 Å². The van der Waals surface area contributed by atoms with Gasteiger partial charge in [0.15, 0.2) is 11.5 Å². The summed E-state index contributed by atoms with van der Waals surface area (Å²) in [5, 5.41) is 10.5. The van der Waals surface area contributed by atoms with Crippen molar-refractivity contribution in [3.8, 4) is 0 Å². The molecule has 1 aromatic rings. The van der Waals surface area contributed by atoms with Crippen LogP contribution in [0.1, 0.15) is 46.2 Å². The lowest BCUT2D eigenvalue weighted by molar-refractivity contribution is -0.129. The van der Waals surface area contributed by atoms with Crippen molar-refractivity contribution in [1.29, 1.82) is 0 Å². The molecule has 0 bridgehead atoms. The maximum absolute atomic E-state index is 13.0. The molecule has 0 spiro atoms. The molecule has 1 aliphatic rings. The molecule has 0 saturated carbocycles. The van der Waals surface area contributed by atoms with E-state index in [0.717, 1.165) is 18.7 Å². The first-order valence-electron chi connectivity index (χ1n) is 9.13. The van der Waals surface area contributed by atoms with Crippen LogP contribution in [-0.2, 0) is 9.59 Å². The zero-order chi connectivity index (χ0) is 19.5. The fraction of sp³-hybridized carbons (Fsp3) is 0.550. The van der Waals surface area contributed by atoms with E-state index in [-0.39, 0.29) is 11.4 Å². The Labute approximate surface area is 155 Å². The maximum atomic E-state index is 13.0. The first-order chi connectivity index (χ1) is 12.2. The van der Waals surface area contributed by atoms with Gasteiger partial charge >= 0.3 is 0 Å². The number of amides is 1. The number of carbonyl (C=O) groups excluding carboxylic acids is 2. The number of hydrogen-bond acceptors (Lipinski definition) is 5. The first kappa shape index (κ1) is 20.1. The van der Waals surface area contributed by atoms with Crippen molar-refractivity contribution in [2.24, 2.45) is 5.41 Å². The molecule has 6 heteroatoms. The summed E-state index contributed by atoms with van der Waals surface area (Å²) >= 11 is 0. The molecule has 1 amide bonds. The Morgan fingerprint density at radius 2 is 1.96 bits per heavy atom. The maximum Gasteiger partial charge on any atom is 0.290 e. The predicted octanol–water partition coefficient (Wildman–Crippen LogP) is 2.73. The van der Waals surface area contributed by atoms with E-state index in [4.69, 9.17) is 0 Å². The van der Waals surface area contributed by atoms with Crippen molar-refractivity contribution in [2.75, 3.05) is 26.2 Å². The Bertz CT molecular complexity index is 688. The van der Waals surface area contributed by atoms with Crippen LogP contribution in [0.5, 0.6) is 0 Å². The van der Waals surface area contributed by atoms with Gasteiger partial charge in [-0.05, 0) is 24.7 Å². The fourth-order valence-electron chi connectivity index (χ4n) is 3.19. The summed E-state index contributed by atoms with van der Waals surface area (Å²) in [5.41, 5.74) is 0.214. The second kappa shape index (κ2) is 7.99. The molecule has 6 nitrogen and oxygen atoms in total. The Hall–Kier alpha value is -2.21. The van der Waals surface area contributed by atoms with Crippen molar-refractivity contribution in [1.82, 2.24) is 14.8 Å². The highest BCUT2D eigenvalue weighted by Gasteiger charge is 2.45. The van der Waals surface area contributed by atoms with E-state index in [1.807, 2.05) is 6.07 Å².